The summed E-state index contributed by atoms with van der Waals surface area (Å²) in [6, 6.07) is 0. The van der Waals surface area contributed by atoms with Crippen LogP contribution in [0.1, 0.15) is 5.69 Å². The summed E-state index contributed by atoms with van der Waals surface area (Å²) in [6.07, 6.45) is -3.71. The second-order valence-corrected chi connectivity index (χ2v) is 2.46. The molecule has 0 bridgehead atoms. The van der Waals surface area contributed by atoms with Gasteiger partial charge in [-0.2, -0.15) is 13.2 Å². The lowest BCUT2D eigenvalue weighted by atomic mass is 10.2. The Morgan fingerprint density at radius 1 is 1.38 bits per heavy atom. The van der Waals surface area contributed by atoms with E-state index >= 15 is 0 Å². The van der Waals surface area contributed by atoms with Crippen molar-refractivity contribution in [1.82, 2.24) is 9.97 Å². The number of aliphatic hydroxyl groups excluding tert-OH is 1. The van der Waals surface area contributed by atoms with Crippen LogP contribution in [-0.2, 0) is 6.42 Å². The SMILES string of the molecule is O[C@H](Cc1cnccn1)C(F)(F)F. The van der Waals surface area contributed by atoms with E-state index in [-0.39, 0.29) is 5.69 Å². The zero-order valence-electron chi connectivity index (χ0n) is 6.49. The van der Waals surface area contributed by atoms with Crippen molar-refractivity contribution in [3.63, 3.8) is 0 Å². The highest BCUT2D eigenvalue weighted by atomic mass is 19.4. The summed E-state index contributed by atoms with van der Waals surface area (Å²) in [4.78, 5) is 7.19. The van der Waals surface area contributed by atoms with Crippen LogP contribution in [0, 0.1) is 0 Å². The van der Waals surface area contributed by atoms with E-state index in [0.29, 0.717) is 0 Å². The van der Waals surface area contributed by atoms with E-state index in [1.54, 1.807) is 0 Å². The quantitative estimate of drug-likeness (QED) is 0.758. The van der Waals surface area contributed by atoms with E-state index in [0.717, 1.165) is 0 Å². The largest absolute Gasteiger partial charge is 0.414 e. The van der Waals surface area contributed by atoms with Gasteiger partial charge in [-0.25, -0.2) is 0 Å². The molecule has 0 saturated carbocycles. The molecule has 1 N–H and O–H groups in total. The van der Waals surface area contributed by atoms with Gasteiger partial charge in [-0.3, -0.25) is 9.97 Å². The molecule has 13 heavy (non-hydrogen) atoms. The minimum Gasteiger partial charge on any atom is -0.383 e. The van der Waals surface area contributed by atoms with Gasteiger partial charge in [-0.1, -0.05) is 0 Å². The highest BCUT2D eigenvalue weighted by Gasteiger charge is 2.38. The van der Waals surface area contributed by atoms with Gasteiger partial charge in [-0.15, -0.1) is 0 Å². The summed E-state index contributed by atoms with van der Waals surface area (Å²) in [6.45, 7) is 0. The van der Waals surface area contributed by atoms with Crippen LogP contribution in [0.4, 0.5) is 13.2 Å². The maximum atomic E-state index is 11.8. The van der Waals surface area contributed by atoms with Gasteiger partial charge in [0.25, 0.3) is 0 Å². The standard InChI is InChI=1S/C7H7F3N2O/c8-7(9,10)6(13)3-5-4-11-1-2-12-5/h1-2,4,6,13H,3H2/t6-/m1/s1. The second kappa shape index (κ2) is 3.69. The molecule has 0 radical (unpaired) electrons. The van der Waals surface area contributed by atoms with Gasteiger partial charge in [0.2, 0.25) is 0 Å². The summed E-state index contributed by atoms with van der Waals surface area (Å²) in [7, 11) is 0. The number of nitrogens with zero attached hydrogens (tertiary/aromatic N) is 2. The molecule has 0 saturated heterocycles. The molecule has 1 atom stereocenters. The molecule has 0 fully saturated rings. The number of rotatable bonds is 2. The van der Waals surface area contributed by atoms with Gasteiger partial charge >= 0.3 is 6.18 Å². The van der Waals surface area contributed by atoms with E-state index in [9.17, 15) is 13.2 Å². The van der Waals surface area contributed by atoms with E-state index in [1.807, 2.05) is 0 Å². The first-order valence-corrected chi connectivity index (χ1v) is 3.50. The van der Waals surface area contributed by atoms with Crippen molar-refractivity contribution < 1.29 is 18.3 Å². The number of aromatic nitrogens is 2. The lowest BCUT2D eigenvalue weighted by molar-refractivity contribution is -0.203. The van der Waals surface area contributed by atoms with Crippen molar-refractivity contribution in [2.24, 2.45) is 0 Å². The van der Waals surface area contributed by atoms with Gasteiger partial charge in [-0.05, 0) is 0 Å². The normalized spacial score (nSPS) is 14.2. The molecule has 0 aromatic carbocycles. The Morgan fingerprint density at radius 2 is 2.08 bits per heavy atom. The van der Waals surface area contributed by atoms with E-state index in [4.69, 9.17) is 5.11 Å². The zero-order valence-corrected chi connectivity index (χ0v) is 6.49. The number of halogens is 3. The molecule has 0 unspecified atom stereocenters. The van der Waals surface area contributed by atoms with Gasteiger partial charge in [0.1, 0.15) is 0 Å². The van der Waals surface area contributed by atoms with Gasteiger partial charge in [0, 0.05) is 25.0 Å². The molecule has 72 valence electrons. The number of aliphatic hydroxyl groups is 1. The molecule has 0 aliphatic heterocycles. The van der Waals surface area contributed by atoms with Gasteiger partial charge in [0.05, 0.1) is 5.69 Å². The summed E-state index contributed by atoms with van der Waals surface area (Å²) in [5.74, 6) is 0. The molecule has 0 aliphatic rings. The number of hydrogen-bond acceptors (Lipinski definition) is 3. The first-order valence-electron chi connectivity index (χ1n) is 3.50. The minimum absolute atomic E-state index is 0.118. The highest BCUT2D eigenvalue weighted by molar-refractivity contribution is 4.97. The molecule has 1 rings (SSSR count). The molecule has 0 spiro atoms. The fourth-order valence-corrected chi connectivity index (χ4v) is 0.749. The summed E-state index contributed by atoms with van der Waals surface area (Å²) in [5, 5.41) is 8.65. The van der Waals surface area contributed by atoms with E-state index in [2.05, 4.69) is 9.97 Å². The average molecular weight is 192 g/mol. The zero-order chi connectivity index (χ0) is 9.90. The third-order valence-electron chi connectivity index (χ3n) is 1.40. The molecule has 1 heterocycles. The van der Waals surface area contributed by atoms with Gasteiger partial charge in [0.15, 0.2) is 6.10 Å². The molecular weight excluding hydrogens is 185 g/mol. The fourth-order valence-electron chi connectivity index (χ4n) is 0.749. The maximum absolute atomic E-state index is 11.8. The Kier molecular flexibility index (Phi) is 2.82. The molecule has 3 nitrogen and oxygen atoms in total. The van der Waals surface area contributed by atoms with Crippen molar-refractivity contribution in [3.05, 3.63) is 24.3 Å². The van der Waals surface area contributed by atoms with Crippen LogP contribution in [0.25, 0.3) is 0 Å². The first kappa shape index (κ1) is 9.91. The minimum atomic E-state index is -4.60. The highest BCUT2D eigenvalue weighted by Crippen LogP contribution is 2.21. The van der Waals surface area contributed by atoms with Crippen LogP contribution >= 0.6 is 0 Å². The van der Waals surface area contributed by atoms with Crippen molar-refractivity contribution in [2.75, 3.05) is 0 Å². The van der Waals surface area contributed by atoms with Crippen molar-refractivity contribution >= 4 is 0 Å². The lowest BCUT2D eigenvalue weighted by Gasteiger charge is -2.13. The molecule has 1 aromatic rings. The van der Waals surface area contributed by atoms with Crippen molar-refractivity contribution in [3.8, 4) is 0 Å². The van der Waals surface area contributed by atoms with E-state index in [1.165, 1.54) is 18.6 Å². The van der Waals surface area contributed by atoms with Crippen molar-refractivity contribution in [1.29, 1.82) is 0 Å². The molecule has 0 aliphatic carbocycles. The third-order valence-corrected chi connectivity index (χ3v) is 1.40. The lowest BCUT2D eigenvalue weighted by Crippen LogP contribution is -2.30. The Morgan fingerprint density at radius 3 is 2.54 bits per heavy atom. The van der Waals surface area contributed by atoms with E-state index < -0.39 is 18.7 Å². The monoisotopic (exact) mass is 192 g/mol. The Hall–Kier alpha value is -1.17. The Labute approximate surface area is 72.3 Å². The van der Waals surface area contributed by atoms with Crippen molar-refractivity contribution in [2.45, 2.75) is 18.7 Å². The predicted molar refractivity (Wildman–Crippen MR) is 37.8 cm³/mol. The van der Waals surface area contributed by atoms with Crippen LogP contribution in [-0.4, -0.2) is 27.4 Å². The molecular formula is C7H7F3N2O. The van der Waals surface area contributed by atoms with Crippen LogP contribution in [0.5, 0.6) is 0 Å². The predicted octanol–water partition coefficient (Wildman–Crippen LogP) is 0.942. The molecule has 1 aromatic heterocycles. The molecule has 6 heteroatoms. The van der Waals surface area contributed by atoms with Crippen LogP contribution < -0.4 is 0 Å². The Bertz CT molecular complexity index is 262. The van der Waals surface area contributed by atoms with Crippen LogP contribution in [0.2, 0.25) is 0 Å². The third kappa shape index (κ3) is 2.98. The second-order valence-electron chi connectivity index (χ2n) is 2.46. The maximum Gasteiger partial charge on any atom is 0.414 e. The summed E-state index contributed by atoms with van der Waals surface area (Å²) in [5.41, 5.74) is 0.118. The summed E-state index contributed by atoms with van der Waals surface area (Å²) >= 11 is 0. The van der Waals surface area contributed by atoms with Crippen LogP contribution in [0.15, 0.2) is 18.6 Å². The topological polar surface area (TPSA) is 46.0 Å². The van der Waals surface area contributed by atoms with Gasteiger partial charge < -0.3 is 5.11 Å². The molecule has 0 amide bonds. The average Bonchev–Trinajstić information content (AvgIpc) is 2.04. The number of alkyl halides is 3. The number of hydrogen-bond donors (Lipinski definition) is 1. The van der Waals surface area contributed by atoms with Crippen LogP contribution in [0.3, 0.4) is 0 Å². The Balaban J connectivity index is 2.61. The fraction of sp³-hybridized carbons (Fsp3) is 0.429. The first-order chi connectivity index (χ1) is 6.00. The smallest absolute Gasteiger partial charge is 0.383 e. The summed E-state index contributed by atoms with van der Waals surface area (Å²) < 4.78 is 35.5.